The Morgan fingerprint density at radius 2 is 1.75 bits per heavy atom. The van der Waals surface area contributed by atoms with E-state index >= 15 is 0 Å². The maximum atomic E-state index is 4.25. The molecule has 0 unspecified atom stereocenters. The van der Waals surface area contributed by atoms with Gasteiger partial charge in [-0.05, 0) is 0 Å². The first-order valence-corrected chi connectivity index (χ1v) is 3.02. The fraction of sp³-hybridized carbons (Fsp3) is 0.857. The summed E-state index contributed by atoms with van der Waals surface area (Å²) in [5, 5.41) is 0. The van der Waals surface area contributed by atoms with Crippen LogP contribution in [0, 0.1) is 6.92 Å². The van der Waals surface area contributed by atoms with Crippen LogP contribution in [0.3, 0.4) is 0 Å². The van der Waals surface area contributed by atoms with Crippen molar-refractivity contribution in [2.24, 2.45) is 0 Å². The number of unbranched alkanes of at least 4 members (excludes halogenated alkanes) is 2. The number of rotatable bonds is 2. The molecule has 1 heteroatoms. The van der Waals surface area contributed by atoms with Crippen LogP contribution in [0.4, 0.5) is 0 Å². The standard InChI is InChI=1S/C5H11.C2H6O/c1-3-5-4-2;1-3-2/h1,3-5H2,2H3;1-2H3. The molecule has 0 rings (SSSR count). The van der Waals surface area contributed by atoms with Crippen molar-refractivity contribution in [3.05, 3.63) is 6.92 Å². The highest BCUT2D eigenvalue weighted by Gasteiger charge is 1.68. The Hall–Kier alpha value is -0.0400. The molecule has 0 aliphatic rings. The predicted molar refractivity (Wildman–Crippen MR) is 37.8 cm³/mol. The summed E-state index contributed by atoms with van der Waals surface area (Å²) in [4.78, 5) is 0. The van der Waals surface area contributed by atoms with Crippen LogP contribution in [0.5, 0.6) is 0 Å². The summed E-state index contributed by atoms with van der Waals surface area (Å²) in [6.45, 7) is 5.85. The van der Waals surface area contributed by atoms with E-state index in [1.807, 2.05) is 0 Å². The number of ether oxygens (including phenoxy) is 1. The first-order valence-electron chi connectivity index (χ1n) is 3.02. The highest BCUT2D eigenvalue weighted by atomic mass is 16.4. The van der Waals surface area contributed by atoms with Crippen LogP contribution in [0.2, 0.25) is 0 Å². The molecule has 0 saturated carbocycles. The quantitative estimate of drug-likeness (QED) is 0.539. The van der Waals surface area contributed by atoms with E-state index < -0.39 is 0 Å². The van der Waals surface area contributed by atoms with Crippen LogP contribution in [0.1, 0.15) is 26.2 Å². The molecule has 0 fully saturated rings. The summed E-state index contributed by atoms with van der Waals surface area (Å²) in [5.41, 5.74) is 0. The van der Waals surface area contributed by atoms with Crippen molar-refractivity contribution in [3.8, 4) is 0 Å². The van der Waals surface area contributed by atoms with E-state index in [0.29, 0.717) is 0 Å². The van der Waals surface area contributed by atoms with Gasteiger partial charge in [0, 0.05) is 14.2 Å². The zero-order valence-corrected chi connectivity index (χ0v) is 6.24. The van der Waals surface area contributed by atoms with Gasteiger partial charge >= 0.3 is 0 Å². The monoisotopic (exact) mass is 117 g/mol. The largest absolute Gasteiger partial charge is 0.388 e. The number of hydrogen-bond acceptors (Lipinski definition) is 1. The molecule has 0 aromatic heterocycles. The van der Waals surface area contributed by atoms with E-state index in [1.54, 1.807) is 14.2 Å². The lowest BCUT2D eigenvalue weighted by Gasteiger charge is -1.79. The van der Waals surface area contributed by atoms with Crippen LogP contribution in [-0.2, 0) is 4.74 Å². The normalized spacial score (nSPS) is 7.50. The minimum absolute atomic E-state index is 1.09. The van der Waals surface area contributed by atoms with E-state index in [4.69, 9.17) is 0 Å². The molecule has 0 N–H and O–H groups in total. The van der Waals surface area contributed by atoms with Crippen LogP contribution in [0.25, 0.3) is 0 Å². The fourth-order valence-electron chi connectivity index (χ4n) is 0.250. The van der Waals surface area contributed by atoms with E-state index in [2.05, 4.69) is 18.6 Å². The maximum Gasteiger partial charge on any atom is 0.0351 e. The van der Waals surface area contributed by atoms with Gasteiger partial charge in [0.25, 0.3) is 0 Å². The van der Waals surface area contributed by atoms with Gasteiger partial charge in [-0.15, -0.1) is 0 Å². The first kappa shape index (κ1) is 10.9. The van der Waals surface area contributed by atoms with E-state index in [-0.39, 0.29) is 0 Å². The van der Waals surface area contributed by atoms with Gasteiger partial charge in [0.1, 0.15) is 0 Å². The van der Waals surface area contributed by atoms with Crippen LogP contribution in [-0.4, -0.2) is 14.2 Å². The molecule has 8 heavy (non-hydrogen) atoms. The third kappa shape index (κ3) is 38.2. The number of methoxy groups -OCH3 is 1. The lowest BCUT2D eigenvalue weighted by atomic mass is 10.3. The summed E-state index contributed by atoms with van der Waals surface area (Å²) in [6.07, 6.45) is 3.65. The Bertz CT molecular complexity index is 18.3. The number of hydrogen-bond donors (Lipinski definition) is 0. The topological polar surface area (TPSA) is 9.23 Å². The SMILES string of the molecule is COC.[CH2]CCCC. The molecule has 0 aromatic carbocycles. The second-order valence-corrected chi connectivity index (χ2v) is 1.62. The lowest BCUT2D eigenvalue weighted by Crippen LogP contribution is -1.59. The van der Waals surface area contributed by atoms with Gasteiger partial charge in [0.2, 0.25) is 0 Å². The Kier molecular flexibility index (Phi) is 21.4. The molecule has 0 saturated heterocycles. The second kappa shape index (κ2) is 15.8. The fourth-order valence-corrected chi connectivity index (χ4v) is 0.250. The minimum Gasteiger partial charge on any atom is -0.388 e. The van der Waals surface area contributed by atoms with E-state index in [0.717, 1.165) is 6.42 Å². The third-order valence-corrected chi connectivity index (χ3v) is 0.604. The van der Waals surface area contributed by atoms with E-state index in [1.165, 1.54) is 12.8 Å². The van der Waals surface area contributed by atoms with Gasteiger partial charge in [-0.2, -0.15) is 0 Å². The average molecular weight is 117 g/mol. The molecule has 0 aliphatic heterocycles. The molecule has 0 aliphatic carbocycles. The summed E-state index contributed by atoms with van der Waals surface area (Å²) in [5.74, 6) is 0. The van der Waals surface area contributed by atoms with Crippen molar-refractivity contribution < 1.29 is 4.74 Å². The van der Waals surface area contributed by atoms with Crippen molar-refractivity contribution in [3.63, 3.8) is 0 Å². The molecule has 0 atom stereocenters. The van der Waals surface area contributed by atoms with Crippen molar-refractivity contribution in [1.82, 2.24) is 0 Å². The summed E-state index contributed by atoms with van der Waals surface area (Å²) in [6, 6.07) is 0. The van der Waals surface area contributed by atoms with Gasteiger partial charge in [-0.25, -0.2) is 0 Å². The van der Waals surface area contributed by atoms with Crippen LogP contribution in [0.15, 0.2) is 0 Å². The smallest absolute Gasteiger partial charge is 0.0351 e. The lowest BCUT2D eigenvalue weighted by molar-refractivity contribution is 0.277. The molecule has 0 aromatic rings. The molecule has 0 bridgehead atoms. The van der Waals surface area contributed by atoms with Gasteiger partial charge in [0.05, 0.1) is 0 Å². The van der Waals surface area contributed by atoms with Crippen molar-refractivity contribution >= 4 is 0 Å². The third-order valence-electron chi connectivity index (χ3n) is 0.604. The summed E-state index contributed by atoms with van der Waals surface area (Å²) >= 11 is 0. The van der Waals surface area contributed by atoms with E-state index in [9.17, 15) is 0 Å². The zero-order chi connectivity index (χ0) is 6.83. The molecule has 0 amide bonds. The highest BCUT2D eigenvalue weighted by Crippen LogP contribution is 1.87. The second-order valence-electron chi connectivity index (χ2n) is 1.62. The van der Waals surface area contributed by atoms with Gasteiger partial charge in [0.15, 0.2) is 0 Å². The predicted octanol–water partition coefficient (Wildman–Crippen LogP) is 2.27. The Morgan fingerprint density at radius 3 is 1.75 bits per heavy atom. The molecule has 1 nitrogen and oxygen atoms in total. The summed E-state index contributed by atoms with van der Waals surface area (Å²) in [7, 11) is 3.25. The molecule has 51 valence electrons. The van der Waals surface area contributed by atoms with Crippen molar-refractivity contribution in [2.75, 3.05) is 14.2 Å². The van der Waals surface area contributed by atoms with Gasteiger partial charge < -0.3 is 4.74 Å². The van der Waals surface area contributed by atoms with Crippen LogP contribution >= 0.6 is 0 Å². The van der Waals surface area contributed by atoms with Gasteiger partial charge in [-0.3, -0.25) is 0 Å². The minimum atomic E-state index is 1.09. The molecule has 0 heterocycles. The maximum absolute atomic E-state index is 4.25. The van der Waals surface area contributed by atoms with Crippen LogP contribution < -0.4 is 0 Å². The Labute approximate surface area is 53.0 Å². The molecular formula is C7H17O. The molecule has 0 spiro atoms. The van der Waals surface area contributed by atoms with Crippen molar-refractivity contribution in [2.45, 2.75) is 26.2 Å². The van der Waals surface area contributed by atoms with Crippen molar-refractivity contribution in [1.29, 1.82) is 0 Å². The van der Waals surface area contributed by atoms with Gasteiger partial charge in [-0.1, -0.05) is 33.1 Å². The first-order chi connectivity index (χ1) is 3.83. The average Bonchev–Trinajstić information content (AvgIpc) is 1.71. The molecule has 1 radical (unpaired) electrons. The Morgan fingerprint density at radius 1 is 1.38 bits per heavy atom. The zero-order valence-electron chi connectivity index (χ0n) is 6.24. The highest BCUT2D eigenvalue weighted by molar-refractivity contribution is 4.35. The summed E-state index contributed by atoms with van der Waals surface area (Å²) < 4.78 is 4.25. The Balaban J connectivity index is 0. The molecular weight excluding hydrogens is 100 g/mol.